The van der Waals surface area contributed by atoms with Crippen LogP contribution in [-0.4, -0.2) is 18.0 Å². The SMILES string of the molecule is CC#CC#CC#CC#CC=C[C@H](Cl)COC(C)=O. The fourth-order valence-corrected chi connectivity index (χ4v) is 0.806. The van der Waals surface area contributed by atoms with Gasteiger partial charge in [-0.25, -0.2) is 0 Å². The molecule has 0 rings (SSSR count). The van der Waals surface area contributed by atoms with Gasteiger partial charge in [-0.15, -0.1) is 11.6 Å². The fraction of sp³-hybridized carbons (Fsp3) is 0.267. The van der Waals surface area contributed by atoms with Crippen LogP contribution in [0.15, 0.2) is 12.2 Å². The van der Waals surface area contributed by atoms with Crippen molar-refractivity contribution in [1.82, 2.24) is 0 Å². The zero-order valence-corrected chi connectivity index (χ0v) is 10.9. The Morgan fingerprint density at radius 2 is 1.83 bits per heavy atom. The molecule has 0 radical (unpaired) electrons. The molecule has 0 bridgehead atoms. The molecule has 0 aliphatic rings. The van der Waals surface area contributed by atoms with E-state index in [4.69, 9.17) is 16.3 Å². The Morgan fingerprint density at radius 3 is 2.44 bits per heavy atom. The number of ether oxygens (including phenoxy) is 1. The third-order valence-electron chi connectivity index (χ3n) is 1.34. The molecule has 0 aromatic heterocycles. The lowest BCUT2D eigenvalue weighted by Crippen LogP contribution is -2.09. The zero-order valence-electron chi connectivity index (χ0n) is 10.1. The molecule has 90 valence electrons. The highest BCUT2D eigenvalue weighted by atomic mass is 35.5. The molecule has 0 saturated heterocycles. The second-order valence-corrected chi connectivity index (χ2v) is 3.38. The number of allylic oxidation sites excluding steroid dienone is 1. The van der Waals surface area contributed by atoms with Crippen molar-refractivity contribution >= 4 is 17.6 Å². The van der Waals surface area contributed by atoms with E-state index in [1.807, 2.05) is 0 Å². The minimum absolute atomic E-state index is 0.127. The summed E-state index contributed by atoms with van der Waals surface area (Å²) in [6.45, 7) is 3.15. The lowest BCUT2D eigenvalue weighted by Gasteiger charge is -2.02. The van der Waals surface area contributed by atoms with Crippen molar-refractivity contribution in [3.8, 4) is 47.4 Å². The van der Waals surface area contributed by atoms with E-state index in [0.717, 1.165) is 0 Å². The molecule has 0 N–H and O–H groups in total. The van der Waals surface area contributed by atoms with Crippen LogP contribution in [0.25, 0.3) is 0 Å². The predicted molar refractivity (Wildman–Crippen MR) is 72.2 cm³/mol. The van der Waals surface area contributed by atoms with Gasteiger partial charge in [-0.05, 0) is 48.5 Å². The molecule has 0 aliphatic carbocycles. The van der Waals surface area contributed by atoms with Crippen molar-refractivity contribution in [3.63, 3.8) is 0 Å². The average Bonchev–Trinajstić information content (AvgIpc) is 2.34. The van der Waals surface area contributed by atoms with Gasteiger partial charge in [0.15, 0.2) is 0 Å². The molecule has 0 heterocycles. The van der Waals surface area contributed by atoms with Crippen LogP contribution in [0.2, 0.25) is 0 Å². The molecular formula is C15H11ClO2. The van der Waals surface area contributed by atoms with Gasteiger partial charge in [-0.2, -0.15) is 0 Å². The first kappa shape index (κ1) is 15.7. The number of hydrogen-bond acceptors (Lipinski definition) is 2. The second kappa shape index (κ2) is 11.2. The minimum Gasteiger partial charge on any atom is -0.464 e. The van der Waals surface area contributed by atoms with Crippen molar-refractivity contribution in [1.29, 1.82) is 0 Å². The van der Waals surface area contributed by atoms with Gasteiger partial charge in [0, 0.05) is 6.92 Å². The topological polar surface area (TPSA) is 26.3 Å². The molecule has 0 aromatic rings. The maximum absolute atomic E-state index is 10.5. The third-order valence-corrected chi connectivity index (χ3v) is 1.62. The van der Waals surface area contributed by atoms with Crippen LogP contribution < -0.4 is 0 Å². The number of hydrogen-bond donors (Lipinski definition) is 0. The molecular weight excluding hydrogens is 248 g/mol. The van der Waals surface area contributed by atoms with Gasteiger partial charge in [0.05, 0.1) is 5.38 Å². The molecule has 0 aromatic carbocycles. The monoisotopic (exact) mass is 258 g/mol. The highest BCUT2D eigenvalue weighted by Crippen LogP contribution is 1.98. The molecule has 0 aliphatic heterocycles. The van der Waals surface area contributed by atoms with E-state index < -0.39 is 5.38 Å². The number of alkyl halides is 1. The van der Waals surface area contributed by atoms with E-state index in [2.05, 4.69) is 47.4 Å². The van der Waals surface area contributed by atoms with E-state index in [1.165, 1.54) is 6.92 Å². The van der Waals surface area contributed by atoms with Crippen LogP contribution >= 0.6 is 11.6 Å². The van der Waals surface area contributed by atoms with Crippen molar-refractivity contribution in [2.45, 2.75) is 19.2 Å². The second-order valence-electron chi connectivity index (χ2n) is 2.82. The number of carbonyl (C=O) groups excluding carboxylic acids is 1. The quantitative estimate of drug-likeness (QED) is 0.438. The predicted octanol–water partition coefficient (Wildman–Crippen LogP) is 1.75. The van der Waals surface area contributed by atoms with Crippen molar-refractivity contribution in [2.75, 3.05) is 6.61 Å². The molecule has 18 heavy (non-hydrogen) atoms. The molecule has 0 amide bonds. The smallest absolute Gasteiger partial charge is 0.302 e. The van der Waals surface area contributed by atoms with Gasteiger partial charge in [-0.3, -0.25) is 4.79 Å². The van der Waals surface area contributed by atoms with E-state index in [0.29, 0.717) is 0 Å². The maximum Gasteiger partial charge on any atom is 0.302 e. The summed E-state index contributed by atoms with van der Waals surface area (Å²) >= 11 is 5.82. The first-order chi connectivity index (χ1) is 8.66. The zero-order chi connectivity index (χ0) is 13.6. The molecule has 0 fully saturated rings. The number of rotatable bonds is 3. The van der Waals surface area contributed by atoms with E-state index >= 15 is 0 Å². The molecule has 2 nitrogen and oxygen atoms in total. The lowest BCUT2D eigenvalue weighted by atomic mass is 10.4. The van der Waals surface area contributed by atoms with Gasteiger partial charge in [0.2, 0.25) is 0 Å². The van der Waals surface area contributed by atoms with Gasteiger partial charge >= 0.3 is 5.97 Å². The minimum atomic E-state index is -0.393. The lowest BCUT2D eigenvalue weighted by molar-refractivity contribution is -0.140. The Balaban J connectivity index is 4.05. The summed E-state index contributed by atoms with van der Waals surface area (Å²) in [5.41, 5.74) is 0. The van der Waals surface area contributed by atoms with Crippen LogP contribution in [0.4, 0.5) is 0 Å². The molecule has 0 saturated carbocycles. The summed E-state index contributed by atoms with van der Waals surface area (Å²) in [7, 11) is 0. The summed E-state index contributed by atoms with van der Waals surface area (Å²) in [4.78, 5) is 10.5. The standard InChI is InChI=1S/C15H11ClO2/c1-3-4-5-6-7-8-9-10-11-12-15(16)13-18-14(2)17/h11-12,15H,13H2,1-2H3/t15-/m0/s1. The number of esters is 1. The first-order valence-electron chi connectivity index (χ1n) is 5.03. The Bertz CT molecular complexity index is 542. The van der Waals surface area contributed by atoms with E-state index in [9.17, 15) is 4.79 Å². The van der Waals surface area contributed by atoms with Crippen LogP contribution in [0.5, 0.6) is 0 Å². The van der Waals surface area contributed by atoms with E-state index in [1.54, 1.807) is 19.1 Å². The Labute approximate surface area is 113 Å². The van der Waals surface area contributed by atoms with Gasteiger partial charge in [-0.1, -0.05) is 17.9 Å². The average molecular weight is 259 g/mol. The van der Waals surface area contributed by atoms with Gasteiger partial charge in [0.1, 0.15) is 6.61 Å². The highest BCUT2D eigenvalue weighted by molar-refractivity contribution is 6.22. The third kappa shape index (κ3) is 11.8. The normalized spacial score (nSPS) is 9.28. The summed E-state index contributed by atoms with van der Waals surface area (Å²) in [6, 6.07) is 0. The summed E-state index contributed by atoms with van der Waals surface area (Å²) in [6.07, 6.45) is 3.17. The van der Waals surface area contributed by atoms with E-state index in [-0.39, 0.29) is 12.6 Å². The van der Waals surface area contributed by atoms with Crippen LogP contribution in [0.3, 0.4) is 0 Å². The molecule has 0 unspecified atom stereocenters. The van der Waals surface area contributed by atoms with Crippen molar-refractivity contribution in [3.05, 3.63) is 12.2 Å². The Kier molecular flexibility index (Phi) is 9.82. The molecule has 1 atom stereocenters. The first-order valence-corrected chi connectivity index (χ1v) is 5.47. The highest BCUT2D eigenvalue weighted by Gasteiger charge is 2.00. The number of carbonyl (C=O) groups is 1. The van der Waals surface area contributed by atoms with Crippen LogP contribution in [0, 0.1) is 47.4 Å². The van der Waals surface area contributed by atoms with Gasteiger partial charge in [0.25, 0.3) is 0 Å². The van der Waals surface area contributed by atoms with Crippen LogP contribution in [-0.2, 0) is 9.53 Å². The van der Waals surface area contributed by atoms with Crippen LogP contribution in [0.1, 0.15) is 13.8 Å². The maximum atomic E-state index is 10.5. The summed E-state index contributed by atoms with van der Waals surface area (Å²) < 4.78 is 4.71. The van der Waals surface area contributed by atoms with Crippen molar-refractivity contribution < 1.29 is 9.53 Å². The molecule has 3 heteroatoms. The largest absolute Gasteiger partial charge is 0.464 e. The summed E-state index contributed by atoms with van der Waals surface area (Å²) in [5, 5.41) is -0.393. The summed E-state index contributed by atoms with van der Waals surface area (Å²) in [5.74, 6) is 20.2. The number of halogens is 1. The fourth-order valence-electron chi connectivity index (χ4n) is 0.670. The van der Waals surface area contributed by atoms with Crippen molar-refractivity contribution in [2.24, 2.45) is 0 Å². The van der Waals surface area contributed by atoms with Gasteiger partial charge < -0.3 is 4.74 Å². The Morgan fingerprint density at radius 1 is 1.22 bits per heavy atom. The molecule has 0 spiro atoms. The Hall–Kier alpha value is -2.26.